The minimum atomic E-state index is -0.800. The summed E-state index contributed by atoms with van der Waals surface area (Å²) in [7, 11) is 0. The number of carbonyl (C=O) groups excluding carboxylic acids is 2. The smallest absolute Gasteiger partial charge is 0.315 e. The van der Waals surface area contributed by atoms with Crippen molar-refractivity contribution in [2.24, 2.45) is 0 Å². The van der Waals surface area contributed by atoms with Crippen LogP contribution >= 0.6 is 0 Å². The number of fused-ring (bicyclic) bond motifs is 1. The Kier molecular flexibility index (Phi) is 5.27. The van der Waals surface area contributed by atoms with Gasteiger partial charge in [-0.25, -0.2) is 4.79 Å². The molecule has 5 atom stereocenters. The van der Waals surface area contributed by atoms with E-state index in [-0.39, 0.29) is 36.7 Å². The number of carbonyl (C=O) groups is 2. The number of rotatable bonds is 6. The predicted octanol–water partition coefficient (Wildman–Crippen LogP) is -0.351. The molecule has 0 aromatic carbocycles. The van der Waals surface area contributed by atoms with E-state index < -0.39 is 18.3 Å². The molecule has 0 radical (unpaired) electrons. The Morgan fingerprint density at radius 3 is 2.62 bits per heavy atom. The summed E-state index contributed by atoms with van der Waals surface area (Å²) in [5.74, 6) is 0.000497. The third-order valence-electron chi connectivity index (χ3n) is 4.52. The standard InChI is InChI=1S/C16H27N3O5/c1-8(2)18-16(22)17-7-12-14(21)15-11(24-12)5-10(23-15)6-13(20)19-9-3-4-9/h8-12,14-15,21H,3-7H2,1-2H3,(H,19,20)(H2,17,18,22). The van der Waals surface area contributed by atoms with Gasteiger partial charge in [0.05, 0.1) is 18.6 Å². The molecular weight excluding hydrogens is 314 g/mol. The van der Waals surface area contributed by atoms with Gasteiger partial charge in [-0.05, 0) is 26.7 Å². The molecule has 4 N–H and O–H groups in total. The number of urea groups is 1. The number of ether oxygens (including phenoxy) is 2. The maximum Gasteiger partial charge on any atom is 0.315 e. The normalized spacial score (nSPS) is 34.9. The van der Waals surface area contributed by atoms with Gasteiger partial charge in [-0.15, -0.1) is 0 Å². The van der Waals surface area contributed by atoms with E-state index in [1.54, 1.807) is 0 Å². The monoisotopic (exact) mass is 341 g/mol. The molecule has 24 heavy (non-hydrogen) atoms. The van der Waals surface area contributed by atoms with Gasteiger partial charge in [-0.1, -0.05) is 0 Å². The summed E-state index contributed by atoms with van der Waals surface area (Å²) in [4.78, 5) is 23.4. The summed E-state index contributed by atoms with van der Waals surface area (Å²) >= 11 is 0. The average Bonchev–Trinajstić information content (AvgIpc) is 3.13. The number of amides is 3. The van der Waals surface area contributed by atoms with Crippen LogP contribution in [0.4, 0.5) is 4.79 Å². The van der Waals surface area contributed by atoms with Crippen LogP contribution in [-0.4, -0.2) is 66.2 Å². The molecule has 3 fully saturated rings. The number of aliphatic hydroxyl groups is 1. The van der Waals surface area contributed by atoms with Gasteiger partial charge in [0.15, 0.2) is 0 Å². The molecule has 0 spiro atoms. The van der Waals surface area contributed by atoms with E-state index in [1.807, 2.05) is 13.8 Å². The molecule has 2 saturated heterocycles. The van der Waals surface area contributed by atoms with Crippen molar-refractivity contribution >= 4 is 11.9 Å². The third kappa shape index (κ3) is 4.37. The fraction of sp³-hybridized carbons (Fsp3) is 0.875. The topological polar surface area (TPSA) is 109 Å². The van der Waals surface area contributed by atoms with Crippen molar-refractivity contribution in [1.29, 1.82) is 0 Å². The molecule has 0 bridgehead atoms. The summed E-state index contributed by atoms with van der Waals surface area (Å²) in [6, 6.07) is 0.103. The number of nitrogens with one attached hydrogen (secondary N) is 3. The van der Waals surface area contributed by atoms with Crippen molar-refractivity contribution in [3.05, 3.63) is 0 Å². The zero-order valence-corrected chi connectivity index (χ0v) is 14.2. The first-order valence-corrected chi connectivity index (χ1v) is 8.75. The van der Waals surface area contributed by atoms with Crippen molar-refractivity contribution < 1.29 is 24.2 Å². The minimum absolute atomic E-state index is 0.000497. The highest BCUT2D eigenvalue weighted by molar-refractivity contribution is 5.77. The van der Waals surface area contributed by atoms with E-state index in [4.69, 9.17) is 9.47 Å². The van der Waals surface area contributed by atoms with Gasteiger partial charge in [0.1, 0.15) is 18.3 Å². The molecule has 3 amide bonds. The van der Waals surface area contributed by atoms with Crippen molar-refractivity contribution in [3.8, 4) is 0 Å². The fourth-order valence-electron chi connectivity index (χ4n) is 3.24. The summed E-state index contributed by atoms with van der Waals surface area (Å²) in [6.45, 7) is 3.97. The Hall–Kier alpha value is -1.38. The Labute approximate surface area is 141 Å². The molecule has 1 aliphatic carbocycles. The van der Waals surface area contributed by atoms with E-state index in [2.05, 4.69) is 16.0 Å². The molecular formula is C16H27N3O5. The summed E-state index contributed by atoms with van der Waals surface area (Å²) < 4.78 is 11.6. The number of hydrogen-bond donors (Lipinski definition) is 4. The van der Waals surface area contributed by atoms with Gasteiger partial charge in [0.25, 0.3) is 0 Å². The van der Waals surface area contributed by atoms with Crippen LogP contribution in [0.1, 0.15) is 39.5 Å². The van der Waals surface area contributed by atoms with Crippen LogP contribution in [0.25, 0.3) is 0 Å². The van der Waals surface area contributed by atoms with E-state index >= 15 is 0 Å². The maximum atomic E-state index is 11.8. The molecule has 3 rings (SSSR count). The first kappa shape index (κ1) is 17.4. The van der Waals surface area contributed by atoms with E-state index in [0.29, 0.717) is 18.9 Å². The summed E-state index contributed by atoms with van der Waals surface area (Å²) in [5.41, 5.74) is 0. The summed E-state index contributed by atoms with van der Waals surface area (Å²) in [5, 5.41) is 18.7. The maximum absolute atomic E-state index is 11.8. The Balaban J connectivity index is 1.40. The molecule has 2 aliphatic heterocycles. The van der Waals surface area contributed by atoms with Crippen molar-refractivity contribution in [1.82, 2.24) is 16.0 Å². The van der Waals surface area contributed by atoms with Crippen LogP contribution < -0.4 is 16.0 Å². The van der Waals surface area contributed by atoms with E-state index in [9.17, 15) is 14.7 Å². The first-order chi connectivity index (χ1) is 11.4. The van der Waals surface area contributed by atoms with Crippen LogP contribution in [0.5, 0.6) is 0 Å². The van der Waals surface area contributed by atoms with Gasteiger partial charge in [-0.3, -0.25) is 4.79 Å². The highest BCUT2D eigenvalue weighted by Crippen LogP contribution is 2.35. The second-order valence-corrected chi connectivity index (χ2v) is 7.22. The van der Waals surface area contributed by atoms with Crippen molar-refractivity contribution in [3.63, 3.8) is 0 Å². The lowest BCUT2D eigenvalue weighted by Crippen LogP contribution is -2.45. The molecule has 5 unspecified atom stereocenters. The second kappa shape index (κ2) is 7.25. The fourth-order valence-corrected chi connectivity index (χ4v) is 3.24. The van der Waals surface area contributed by atoms with Crippen LogP contribution in [0.15, 0.2) is 0 Å². The molecule has 136 valence electrons. The van der Waals surface area contributed by atoms with E-state index in [0.717, 1.165) is 12.8 Å². The quantitative estimate of drug-likeness (QED) is 0.528. The molecule has 8 heteroatoms. The molecule has 3 aliphatic rings. The molecule has 0 aromatic heterocycles. The van der Waals surface area contributed by atoms with Gasteiger partial charge in [0, 0.05) is 25.0 Å². The molecule has 8 nitrogen and oxygen atoms in total. The lowest BCUT2D eigenvalue weighted by atomic mass is 10.1. The molecule has 2 heterocycles. The number of aliphatic hydroxyl groups excluding tert-OH is 1. The van der Waals surface area contributed by atoms with Crippen LogP contribution in [0.3, 0.4) is 0 Å². The van der Waals surface area contributed by atoms with Crippen molar-refractivity contribution in [2.75, 3.05) is 6.54 Å². The average molecular weight is 341 g/mol. The highest BCUT2D eigenvalue weighted by atomic mass is 16.6. The largest absolute Gasteiger partial charge is 0.388 e. The zero-order valence-electron chi connectivity index (χ0n) is 14.2. The Morgan fingerprint density at radius 2 is 2.00 bits per heavy atom. The first-order valence-electron chi connectivity index (χ1n) is 8.75. The number of hydrogen-bond acceptors (Lipinski definition) is 5. The Bertz CT molecular complexity index is 480. The molecule has 0 aromatic rings. The SMILES string of the molecule is CC(C)NC(=O)NCC1OC2CC(CC(=O)NC3CC3)OC2C1O. The molecule has 1 saturated carbocycles. The van der Waals surface area contributed by atoms with Crippen LogP contribution in [0, 0.1) is 0 Å². The van der Waals surface area contributed by atoms with Crippen molar-refractivity contribution in [2.45, 2.75) is 82.1 Å². The van der Waals surface area contributed by atoms with Crippen LogP contribution in [-0.2, 0) is 14.3 Å². The van der Waals surface area contributed by atoms with E-state index in [1.165, 1.54) is 0 Å². The van der Waals surface area contributed by atoms with Gasteiger partial charge < -0.3 is 30.5 Å². The van der Waals surface area contributed by atoms with Crippen LogP contribution in [0.2, 0.25) is 0 Å². The third-order valence-corrected chi connectivity index (χ3v) is 4.52. The zero-order chi connectivity index (χ0) is 17.3. The predicted molar refractivity (Wildman–Crippen MR) is 85.4 cm³/mol. The second-order valence-electron chi connectivity index (χ2n) is 7.22. The van der Waals surface area contributed by atoms with Gasteiger partial charge in [0.2, 0.25) is 5.91 Å². The van der Waals surface area contributed by atoms with Gasteiger partial charge in [-0.2, -0.15) is 0 Å². The highest BCUT2D eigenvalue weighted by Gasteiger charge is 2.50. The minimum Gasteiger partial charge on any atom is -0.388 e. The lowest BCUT2D eigenvalue weighted by Gasteiger charge is -2.20. The lowest BCUT2D eigenvalue weighted by molar-refractivity contribution is -0.124. The Morgan fingerprint density at radius 1 is 1.25 bits per heavy atom. The van der Waals surface area contributed by atoms with Gasteiger partial charge >= 0.3 is 6.03 Å². The summed E-state index contributed by atoms with van der Waals surface area (Å²) in [6.07, 6.45) is 0.861.